The van der Waals surface area contributed by atoms with E-state index in [1.165, 1.54) is 0 Å². The number of hydrogen-bond donors (Lipinski definition) is 3. The Hall–Kier alpha value is -2.45. The minimum atomic E-state index is -4.54. The minimum Gasteiger partial charge on any atom is -0.492 e. The lowest BCUT2D eigenvalue weighted by atomic mass is 10.2. The van der Waals surface area contributed by atoms with Crippen LogP contribution in [0.25, 0.3) is 0 Å². The Morgan fingerprint density at radius 1 is 1.30 bits per heavy atom. The van der Waals surface area contributed by atoms with E-state index in [0.717, 1.165) is 18.2 Å². The van der Waals surface area contributed by atoms with E-state index >= 15 is 0 Å². The van der Waals surface area contributed by atoms with Crippen molar-refractivity contribution in [2.45, 2.75) is 25.9 Å². The van der Waals surface area contributed by atoms with Crippen molar-refractivity contribution >= 4 is 17.7 Å². The van der Waals surface area contributed by atoms with Crippen LogP contribution in [0.1, 0.15) is 25.3 Å². The Bertz CT molecular complexity index is 561. The zero-order valence-electron chi connectivity index (χ0n) is 12.4. The van der Waals surface area contributed by atoms with Gasteiger partial charge in [0.1, 0.15) is 5.75 Å². The number of alkyl halides is 3. The second kappa shape index (κ2) is 8.25. The van der Waals surface area contributed by atoms with E-state index in [9.17, 15) is 22.8 Å². The van der Waals surface area contributed by atoms with Crippen molar-refractivity contribution in [3.8, 4) is 5.75 Å². The fraction of sp³-hybridized carbons (Fsp3) is 0.429. The highest BCUT2D eigenvalue weighted by Crippen LogP contribution is 2.35. The van der Waals surface area contributed by atoms with Gasteiger partial charge in [-0.1, -0.05) is 0 Å². The summed E-state index contributed by atoms with van der Waals surface area (Å²) in [7, 11) is 0. The van der Waals surface area contributed by atoms with Crippen LogP contribution in [-0.4, -0.2) is 30.3 Å². The first-order valence-corrected chi connectivity index (χ1v) is 6.84. The number of ether oxygens (including phenoxy) is 1. The Balaban J connectivity index is 2.75. The number of amides is 2. The Kier molecular flexibility index (Phi) is 6.67. The van der Waals surface area contributed by atoms with Crippen LogP contribution in [0.15, 0.2) is 18.2 Å². The molecule has 1 rings (SSSR count). The predicted octanol–water partition coefficient (Wildman–Crippen LogP) is 3.09. The lowest BCUT2D eigenvalue weighted by Gasteiger charge is -2.15. The topological polar surface area (TPSA) is 87.7 Å². The fourth-order valence-corrected chi connectivity index (χ4v) is 1.69. The van der Waals surface area contributed by atoms with Crippen molar-refractivity contribution in [2.75, 3.05) is 18.5 Å². The quantitative estimate of drug-likeness (QED) is 0.669. The molecule has 0 unspecified atom stereocenters. The van der Waals surface area contributed by atoms with Crippen LogP contribution in [0.5, 0.6) is 5.75 Å². The van der Waals surface area contributed by atoms with E-state index < -0.39 is 23.7 Å². The summed E-state index contributed by atoms with van der Waals surface area (Å²) < 4.78 is 43.3. The molecule has 0 aliphatic rings. The van der Waals surface area contributed by atoms with Gasteiger partial charge in [-0.05, 0) is 31.5 Å². The van der Waals surface area contributed by atoms with Gasteiger partial charge in [0.25, 0.3) is 0 Å². The van der Waals surface area contributed by atoms with Gasteiger partial charge >= 0.3 is 18.2 Å². The van der Waals surface area contributed by atoms with Crippen LogP contribution in [0, 0.1) is 0 Å². The summed E-state index contributed by atoms with van der Waals surface area (Å²) in [5, 5.41) is 13.1. The van der Waals surface area contributed by atoms with Gasteiger partial charge in [0, 0.05) is 13.0 Å². The molecule has 0 saturated heterocycles. The summed E-state index contributed by atoms with van der Waals surface area (Å²) in [6.07, 6.45) is -4.45. The van der Waals surface area contributed by atoms with Crippen LogP contribution in [0.4, 0.5) is 23.7 Å². The number of carbonyl (C=O) groups excluding carboxylic acids is 1. The number of rotatable bonds is 7. The third-order valence-electron chi connectivity index (χ3n) is 2.71. The Morgan fingerprint density at radius 3 is 2.57 bits per heavy atom. The third-order valence-corrected chi connectivity index (χ3v) is 2.71. The largest absolute Gasteiger partial charge is 0.492 e. The van der Waals surface area contributed by atoms with Crippen LogP contribution < -0.4 is 15.4 Å². The molecule has 6 nitrogen and oxygen atoms in total. The number of urea groups is 1. The SMILES string of the molecule is CCOc1ccc(C(F)(F)F)cc1NC(=O)NCCCC(=O)O. The number of benzene rings is 1. The van der Waals surface area contributed by atoms with Gasteiger partial charge in [0.2, 0.25) is 0 Å². The molecule has 0 aliphatic carbocycles. The van der Waals surface area contributed by atoms with Gasteiger partial charge in [0.15, 0.2) is 0 Å². The van der Waals surface area contributed by atoms with Crippen molar-refractivity contribution in [2.24, 2.45) is 0 Å². The maximum atomic E-state index is 12.7. The van der Waals surface area contributed by atoms with E-state index in [4.69, 9.17) is 9.84 Å². The van der Waals surface area contributed by atoms with E-state index in [0.29, 0.717) is 0 Å². The first-order chi connectivity index (χ1) is 10.7. The summed E-state index contributed by atoms with van der Waals surface area (Å²) >= 11 is 0. The molecule has 0 bridgehead atoms. The second-order valence-electron chi connectivity index (χ2n) is 4.52. The van der Waals surface area contributed by atoms with E-state index in [2.05, 4.69) is 10.6 Å². The van der Waals surface area contributed by atoms with Gasteiger partial charge in [0.05, 0.1) is 17.9 Å². The molecule has 0 heterocycles. The maximum Gasteiger partial charge on any atom is 0.416 e. The number of hydrogen-bond acceptors (Lipinski definition) is 3. The lowest BCUT2D eigenvalue weighted by Crippen LogP contribution is -2.30. The van der Waals surface area contributed by atoms with Crippen LogP contribution in [0.3, 0.4) is 0 Å². The second-order valence-corrected chi connectivity index (χ2v) is 4.52. The first-order valence-electron chi connectivity index (χ1n) is 6.84. The van der Waals surface area contributed by atoms with Crippen LogP contribution >= 0.6 is 0 Å². The molecular weight excluding hydrogens is 317 g/mol. The van der Waals surface area contributed by atoms with E-state index in [1.807, 2.05) is 0 Å². The summed E-state index contributed by atoms with van der Waals surface area (Å²) in [6, 6.07) is 2.03. The van der Waals surface area contributed by atoms with Gasteiger partial charge in [-0.15, -0.1) is 0 Å². The van der Waals surface area contributed by atoms with Gasteiger partial charge in [-0.3, -0.25) is 4.79 Å². The van der Waals surface area contributed by atoms with Crippen molar-refractivity contribution in [3.63, 3.8) is 0 Å². The predicted molar refractivity (Wildman–Crippen MR) is 76.5 cm³/mol. The first kappa shape index (κ1) is 18.6. The molecular formula is C14H17F3N2O4. The Morgan fingerprint density at radius 2 is 2.00 bits per heavy atom. The van der Waals surface area contributed by atoms with E-state index in [-0.39, 0.29) is 37.4 Å². The smallest absolute Gasteiger partial charge is 0.416 e. The summed E-state index contributed by atoms with van der Waals surface area (Å²) in [5.41, 5.74) is -1.03. The summed E-state index contributed by atoms with van der Waals surface area (Å²) in [6.45, 7) is 1.97. The number of carbonyl (C=O) groups is 2. The van der Waals surface area contributed by atoms with Crippen molar-refractivity contribution in [1.29, 1.82) is 0 Å². The number of halogens is 3. The zero-order valence-corrected chi connectivity index (χ0v) is 12.4. The molecule has 0 radical (unpaired) electrons. The van der Waals surface area contributed by atoms with Crippen molar-refractivity contribution in [1.82, 2.24) is 5.32 Å². The van der Waals surface area contributed by atoms with Gasteiger partial charge in [-0.25, -0.2) is 4.79 Å². The third kappa shape index (κ3) is 6.45. The fourth-order valence-electron chi connectivity index (χ4n) is 1.69. The van der Waals surface area contributed by atoms with Crippen molar-refractivity contribution in [3.05, 3.63) is 23.8 Å². The molecule has 0 spiro atoms. The molecule has 128 valence electrons. The molecule has 0 saturated carbocycles. The number of carboxylic acids is 1. The normalized spacial score (nSPS) is 11.0. The molecule has 2 amide bonds. The average molecular weight is 334 g/mol. The molecule has 9 heteroatoms. The molecule has 23 heavy (non-hydrogen) atoms. The number of anilines is 1. The highest BCUT2D eigenvalue weighted by atomic mass is 19.4. The molecule has 0 atom stereocenters. The number of aliphatic carboxylic acids is 1. The maximum absolute atomic E-state index is 12.7. The average Bonchev–Trinajstić information content (AvgIpc) is 2.44. The standard InChI is InChI=1S/C14H17F3N2O4/c1-2-23-11-6-5-9(14(15,16)17)8-10(11)19-13(22)18-7-3-4-12(20)21/h5-6,8H,2-4,7H2,1H3,(H,20,21)(H2,18,19,22). The molecule has 0 aromatic heterocycles. The van der Waals surface area contributed by atoms with Gasteiger partial charge in [-0.2, -0.15) is 13.2 Å². The molecule has 0 aliphatic heterocycles. The van der Waals surface area contributed by atoms with Crippen molar-refractivity contribution < 1.29 is 32.6 Å². The monoisotopic (exact) mass is 334 g/mol. The molecule has 1 aromatic rings. The van der Waals surface area contributed by atoms with Gasteiger partial charge < -0.3 is 20.5 Å². The lowest BCUT2D eigenvalue weighted by molar-refractivity contribution is -0.138. The molecule has 0 fully saturated rings. The highest BCUT2D eigenvalue weighted by Gasteiger charge is 2.31. The number of carboxylic acid groups (broad SMARTS) is 1. The molecule has 3 N–H and O–H groups in total. The Labute approximate surface area is 130 Å². The summed E-state index contributed by atoms with van der Waals surface area (Å²) in [4.78, 5) is 22.0. The summed E-state index contributed by atoms with van der Waals surface area (Å²) in [5.74, 6) is -0.884. The van der Waals surface area contributed by atoms with Crippen LogP contribution in [0.2, 0.25) is 0 Å². The van der Waals surface area contributed by atoms with Crippen LogP contribution in [-0.2, 0) is 11.0 Å². The van der Waals surface area contributed by atoms with E-state index in [1.54, 1.807) is 6.92 Å². The highest BCUT2D eigenvalue weighted by molar-refractivity contribution is 5.91. The minimum absolute atomic E-state index is 0.0844. The number of nitrogens with one attached hydrogen (secondary N) is 2. The molecule has 1 aromatic carbocycles. The zero-order chi connectivity index (χ0) is 17.5.